The second-order valence-electron chi connectivity index (χ2n) is 17.0. The molecule has 2 saturated heterocycles. The van der Waals surface area contributed by atoms with E-state index in [9.17, 15) is 19.5 Å². The first-order valence-electron chi connectivity index (χ1n) is 19.7. The number of nitrogens with zero attached hydrogens (tertiary/aromatic N) is 4. The largest absolute Gasteiger partial charge is 0.488 e. The molecule has 0 saturated carbocycles. The molecule has 4 N–H and O–H groups in total. The fraction of sp³-hybridized carbons (Fsp3) is 0.465. The van der Waals surface area contributed by atoms with Crippen molar-refractivity contribution in [3.05, 3.63) is 65.9 Å². The van der Waals surface area contributed by atoms with Crippen LogP contribution in [-0.2, 0) is 26.4 Å². The number of ether oxygens (including phenoxy) is 3. The van der Waals surface area contributed by atoms with Crippen LogP contribution in [0.15, 0.2) is 48.7 Å². The first kappa shape index (κ1) is 38.3. The lowest BCUT2D eigenvalue weighted by Gasteiger charge is -2.45. The van der Waals surface area contributed by atoms with Gasteiger partial charge in [-0.1, -0.05) is 52.8 Å². The van der Waals surface area contributed by atoms with Crippen molar-refractivity contribution in [3.63, 3.8) is 0 Å². The topological polar surface area (TPSA) is 175 Å². The number of aromatic amines is 2. The van der Waals surface area contributed by atoms with Gasteiger partial charge in [0, 0.05) is 37.1 Å². The summed E-state index contributed by atoms with van der Waals surface area (Å²) in [7, 11) is 2.94. The number of benzene rings is 3. The summed E-state index contributed by atoms with van der Waals surface area (Å²) in [5.41, 5.74) is 5.22. The number of alkyl carbamates (subject to hydrolysis) is 1. The number of carboxylic acid groups (broad SMARTS) is 1. The highest BCUT2D eigenvalue weighted by atomic mass is 16.5. The maximum atomic E-state index is 13.7. The average Bonchev–Trinajstić information content (AvgIpc) is 4.00. The molecule has 300 valence electrons. The highest BCUT2D eigenvalue weighted by Crippen LogP contribution is 2.52. The lowest BCUT2D eigenvalue weighted by molar-refractivity contribution is -0.135. The van der Waals surface area contributed by atoms with Crippen LogP contribution < -0.4 is 10.1 Å². The summed E-state index contributed by atoms with van der Waals surface area (Å²) in [5.74, 6) is 1.90. The zero-order chi connectivity index (χ0) is 40.4. The molecular formula is C43H51N7O7. The molecule has 0 spiro atoms. The molecule has 0 bridgehead atoms. The average molecular weight is 778 g/mol. The molecule has 2 fully saturated rings. The normalized spacial score (nSPS) is 21.1. The smallest absolute Gasteiger partial charge is 0.408 e. The molecule has 0 aliphatic carbocycles. The Kier molecular flexibility index (Phi) is 9.66. The number of hydrogen-bond acceptors (Lipinski definition) is 8. The molecule has 5 aromatic rings. The van der Waals surface area contributed by atoms with Gasteiger partial charge in [-0.2, -0.15) is 0 Å². The minimum atomic E-state index is -0.967. The molecule has 3 aliphatic rings. The van der Waals surface area contributed by atoms with Gasteiger partial charge in [0.1, 0.15) is 35.6 Å². The third kappa shape index (κ3) is 6.43. The molecule has 0 radical (unpaired) electrons. The van der Waals surface area contributed by atoms with Crippen LogP contribution in [-0.4, -0.2) is 92.9 Å². The summed E-state index contributed by atoms with van der Waals surface area (Å²) in [6.07, 6.45) is 2.40. The Bertz CT molecular complexity index is 2380. The van der Waals surface area contributed by atoms with E-state index in [-0.39, 0.29) is 23.8 Å². The zero-order valence-electron chi connectivity index (χ0n) is 33.6. The minimum absolute atomic E-state index is 0.0523. The Morgan fingerprint density at radius 2 is 1.89 bits per heavy atom. The van der Waals surface area contributed by atoms with Gasteiger partial charge in [0.2, 0.25) is 5.91 Å². The number of rotatable bonds is 8. The molecule has 3 amide bonds. The van der Waals surface area contributed by atoms with Crippen LogP contribution in [0, 0.1) is 17.3 Å². The number of fused-ring (bicyclic) bond motifs is 6. The van der Waals surface area contributed by atoms with Gasteiger partial charge in [-0.25, -0.2) is 19.6 Å². The van der Waals surface area contributed by atoms with Crippen molar-refractivity contribution in [1.82, 2.24) is 35.1 Å². The number of methoxy groups -OCH3 is 2. The number of likely N-dealkylation sites (tertiary alicyclic amines) is 2. The van der Waals surface area contributed by atoms with Crippen LogP contribution in [0.3, 0.4) is 0 Å². The minimum Gasteiger partial charge on any atom is -0.488 e. The molecule has 14 nitrogen and oxygen atoms in total. The summed E-state index contributed by atoms with van der Waals surface area (Å²) < 4.78 is 16.7. The van der Waals surface area contributed by atoms with Crippen molar-refractivity contribution in [1.29, 1.82) is 0 Å². The lowest BCUT2D eigenvalue weighted by Crippen LogP contribution is -2.53. The number of carbonyl (C=O) groups is 3. The first-order valence-corrected chi connectivity index (χ1v) is 19.7. The maximum Gasteiger partial charge on any atom is 0.408 e. The van der Waals surface area contributed by atoms with Crippen molar-refractivity contribution < 1.29 is 33.7 Å². The number of H-pyrrole nitrogens is 2. The van der Waals surface area contributed by atoms with Gasteiger partial charge in [-0.15, -0.1) is 0 Å². The highest BCUT2D eigenvalue weighted by Gasteiger charge is 2.58. The maximum absolute atomic E-state index is 13.7. The second-order valence-corrected chi connectivity index (χ2v) is 17.0. The van der Waals surface area contributed by atoms with Gasteiger partial charge in [0.15, 0.2) is 0 Å². The van der Waals surface area contributed by atoms with Crippen LogP contribution in [0.25, 0.3) is 44.2 Å². The fourth-order valence-electron chi connectivity index (χ4n) is 9.39. The van der Waals surface area contributed by atoms with E-state index in [0.29, 0.717) is 44.4 Å². The number of nitrogens with one attached hydrogen (secondary N) is 3. The number of amides is 3. The molecule has 3 aromatic carbocycles. The lowest BCUT2D eigenvalue weighted by atomic mass is 9.70. The summed E-state index contributed by atoms with van der Waals surface area (Å²) in [4.78, 5) is 58.7. The third-order valence-electron chi connectivity index (χ3n) is 12.3. The number of aromatic nitrogens is 4. The predicted molar refractivity (Wildman–Crippen MR) is 215 cm³/mol. The summed E-state index contributed by atoms with van der Waals surface area (Å²) in [6, 6.07) is 13.6. The van der Waals surface area contributed by atoms with Gasteiger partial charge >= 0.3 is 12.2 Å². The van der Waals surface area contributed by atoms with E-state index < -0.39 is 29.2 Å². The quantitative estimate of drug-likeness (QED) is 0.124. The van der Waals surface area contributed by atoms with E-state index in [0.717, 1.165) is 68.3 Å². The van der Waals surface area contributed by atoms with Gasteiger partial charge in [-0.05, 0) is 76.9 Å². The van der Waals surface area contributed by atoms with Crippen LogP contribution in [0.2, 0.25) is 0 Å². The van der Waals surface area contributed by atoms with Crippen LogP contribution >= 0.6 is 0 Å². The number of imidazole rings is 2. The van der Waals surface area contributed by atoms with Crippen molar-refractivity contribution in [3.8, 4) is 28.1 Å². The second kappa shape index (κ2) is 14.4. The van der Waals surface area contributed by atoms with Gasteiger partial charge < -0.3 is 39.5 Å². The van der Waals surface area contributed by atoms with E-state index >= 15 is 0 Å². The highest BCUT2D eigenvalue weighted by molar-refractivity contribution is 6.07. The van der Waals surface area contributed by atoms with Crippen molar-refractivity contribution in [2.24, 2.45) is 17.3 Å². The Hall–Kier alpha value is -5.63. The monoisotopic (exact) mass is 777 g/mol. The Morgan fingerprint density at radius 1 is 1.09 bits per heavy atom. The zero-order valence-corrected chi connectivity index (χ0v) is 33.6. The first-order chi connectivity index (χ1) is 27.2. The van der Waals surface area contributed by atoms with Crippen LogP contribution in [0.1, 0.15) is 77.1 Å². The summed E-state index contributed by atoms with van der Waals surface area (Å²) >= 11 is 0. The number of carbonyl (C=O) groups excluding carboxylic acids is 2. The molecule has 4 atom stereocenters. The summed E-state index contributed by atoms with van der Waals surface area (Å²) in [5, 5.41) is 15.1. The molecule has 3 aliphatic heterocycles. The van der Waals surface area contributed by atoms with Crippen molar-refractivity contribution >= 4 is 39.9 Å². The molecule has 0 unspecified atom stereocenters. The van der Waals surface area contributed by atoms with Gasteiger partial charge in [0.05, 0.1) is 42.7 Å². The molecule has 2 aromatic heterocycles. The van der Waals surface area contributed by atoms with E-state index in [4.69, 9.17) is 24.2 Å². The molecule has 8 rings (SSSR count). The van der Waals surface area contributed by atoms with E-state index in [1.165, 1.54) is 7.11 Å². The fourth-order valence-corrected chi connectivity index (χ4v) is 9.39. The molecule has 14 heteroatoms. The Balaban J connectivity index is 1.09. The van der Waals surface area contributed by atoms with E-state index in [1.54, 1.807) is 18.2 Å². The molecular weight excluding hydrogens is 727 g/mol. The standard InChI is InChI=1S/C43H51N7O7/c1-23(2)35(48-40(52)56-7)38(51)49-14-8-9-33(49)37-45-31-13-11-25-16-30-28-12-10-26(15-27(28)22-57-34(30)17-29(25)36(31)47-37)32-19-44-39(46-32)43(42(3,4)5)18-24(21-55-6)20-50(43)41(53)54/h10-13,15-17,19,23-24,33,35H,8-9,14,18,20-22H2,1-7H3,(H,44,46)(H,45,47)(H,48,52)(H,53,54)/t24-,33-,35-,43+/m0/s1. The number of hydrogen-bond donors (Lipinski definition) is 4. The van der Waals surface area contributed by atoms with Gasteiger partial charge in [0.25, 0.3) is 0 Å². The van der Waals surface area contributed by atoms with Crippen LogP contribution in [0.5, 0.6) is 5.75 Å². The van der Waals surface area contributed by atoms with Crippen molar-refractivity contribution in [2.75, 3.05) is 33.9 Å². The Labute approximate surface area is 331 Å². The summed E-state index contributed by atoms with van der Waals surface area (Å²) in [6.45, 7) is 11.8. The Morgan fingerprint density at radius 3 is 2.61 bits per heavy atom. The molecule has 5 heterocycles. The van der Waals surface area contributed by atoms with Gasteiger partial charge in [-0.3, -0.25) is 9.69 Å². The van der Waals surface area contributed by atoms with Crippen LogP contribution in [0.4, 0.5) is 9.59 Å². The molecule has 57 heavy (non-hydrogen) atoms. The van der Waals surface area contributed by atoms with E-state index in [1.807, 2.05) is 24.8 Å². The van der Waals surface area contributed by atoms with E-state index in [2.05, 4.69) is 72.5 Å². The van der Waals surface area contributed by atoms with Crippen molar-refractivity contribution in [2.45, 2.75) is 78.1 Å². The third-order valence-corrected chi connectivity index (χ3v) is 12.3. The predicted octanol–water partition coefficient (Wildman–Crippen LogP) is 7.60. The SMILES string of the molecule is COC[C@@H]1CN(C(=O)O)[C@](c2ncc(-c3ccc4c(c3)COc3cc5c(ccc6nc([C@@H]7CCCN7C(=O)[C@@H](NC(=O)OC)C(C)C)[nH]c65)cc3-4)[nH]2)(C(C)(C)C)C1.